The number of ether oxygens (including phenoxy) is 1. The zero-order valence-corrected chi connectivity index (χ0v) is 8.25. The van der Waals surface area contributed by atoms with Gasteiger partial charge in [0.15, 0.2) is 0 Å². The minimum atomic E-state index is -0.252. The van der Waals surface area contributed by atoms with Gasteiger partial charge in [-0.1, -0.05) is 12.1 Å². The Labute approximate surface area is 83.9 Å². The van der Waals surface area contributed by atoms with Crippen molar-refractivity contribution in [3.63, 3.8) is 0 Å². The van der Waals surface area contributed by atoms with Crippen LogP contribution in [0.2, 0.25) is 0 Å². The number of hydrogen-bond acceptors (Lipinski definition) is 2. The van der Waals surface area contributed by atoms with Crippen molar-refractivity contribution >= 4 is 5.97 Å². The minimum Gasteiger partial charge on any atom is -0.465 e. The number of esters is 1. The second-order valence-electron chi connectivity index (χ2n) is 3.64. The van der Waals surface area contributed by atoms with Crippen molar-refractivity contribution in [1.29, 1.82) is 0 Å². The van der Waals surface area contributed by atoms with Crippen LogP contribution in [0.3, 0.4) is 0 Å². The summed E-state index contributed by atoms with van der Waals surface area (Å²) >= 11 is 0. The number of hydrogen-bond donors (Lipinski definition) is 0. The van der Waals surface area contributed by atoms with Gasteiger partial charge in [-0.3, -0.25) is 0 Å². The minimum absolute atomic E-state index is 0.252. The summed E-state index contributed by atoms with van der Waals surface area (Å²) in [6.07, 6.45) is 2.33. The molecule has 14 heavy (non-hydrogen) atoms. The molecule has 0 heterocycles. The average molecular weight is 189 g/mol. The molecule has 1 aromatic rings. The van der Waals surface area contributed by atoms with E-state index >= 15 is 0 Å². The van der Waals surface area contributed by atoms with Crippen LogP contribution in [0.5, 0.6) is 0 Å². The summed E-state index contributed by atoms with van der Waals surface area (Å²) in [4.78, 5) is 11.5. The van der Waals surface area contributed by atoms with Gasteiger partial charge in [0.2, 0.25) is 0 Å². The van der Waals surface area contributed by atoms with Gasteiger partial charge in [0.25, 0.3) is 0 Å². The third kappa shape index (κ3) is 1.52. The summed E-state index contributed by atoms with van der Waals surface area (Å²) in [5.74, 6) is 0.273. The molecule has 0 N–H and O–H groups in total. The molecule has 0 aromatic heterocycles. The molecule has 0 spiro atoms. The number of carbonyl (C=O) groups excluding carboxylic acids is 1. The number of carbonyl (C=O) groups is 1. The average Bonchev–Trinajstić information content (AvgIpc) is 3.00. The van der Waals surface area contributed by atoms with E-state index in [-0.39, 0.29) is 5.97 Å². The van der Waals surface area contributed by atoms with E-state index in [1.54, 1.807) is 0 Å². The summed E-state index contributed by atoms with van der Waals surface area (Å²) in [6.45, 7) is 3.95. The molecule has 0 atom stereocenters. The molecule has 73 valence electrons. The van der Waals surface area contributed by atoms with E-state index in [0.29, 0.717) is 11.5 Å². The Kier molecular flexibility index (Phi) is 2.28. The Morgan fingerprint density at radius 2 is 2.21 bits per heavy atom. The summed E-state index contributed by atoms with van der Waals surface area (Å²) in [7, 11) is 1.41. The van der Waals surface area contributed by atoms with Crippen LogP contribution in [0.15, 0.2) is 18.2 Å². The first-order valence-electron chi connectivity index (χ1n) is 4.77. The van der Waals surface area contributed by atoms with Crippen molar-refractivity contribution in [2.75, 3.05) is 7.11 Å². The zero-order valence-electron chi connectivity index (χ0n) is 8.25. The molecular formula is C12H13O2. The van der Waals surface area contributed by atoms with E-state index in [1.165, 1.54) is 7.11 Å². The molecule has 2 rings (SSSR count). The molecule has 2 nitrogen and oxygen atoms in total. The molecule has 0 aliphatic heterocycles. The maximum atomic E-state index is 11.5. The Morgan fingerprint density at radius 1 is 1.50 bits per heavy atom. The van der Waals surface area contributed by atoms with Crippen LogP contribution < -0.4 is 0 Å². The standard InChI is InChI=1S/C12H13O2/c1-8-4-3-5-10(12(13)14-2)11(8)9-6-7-9/h3-5,9H,1,6-7H2,2H3. The molecule has 1 radical (unpaired) electrons. The summed E-state index contributed by atoms with van der Waals surface area (Å²) in [6, 6.07) is 5.61. The van der Waals surface area contributed by atoms with Crippen LogP contribution in [0.4, 0.5) is 0 Å². The highest BCUT2D eigenvalue weighted by molar-refractivity contribution is 5.92. The fourth-order valence-electron chi connectivity index (χ4n) is 1.76. The lowest BCUT2D eigenvalue weighted by Gasteiger charge is -2.09. The van der Waals surface area contributed by atoms with Gasteiger partial charge in [0, 0.05) is 0 Å². The third-order valence-corrected chi connectivity index (χ3v) is 2.59. The van der Waals surface area contributed by atoms with Crippen molar-refractivity contribution in [2.45, 2.75) is 18.8 Å². The van der Waals surface area contributed by atoms with Crippen LogP contribution >= 0.6 is 0 Å². The molecule has 0 unspecified atom stereocenters. The van der Waals surface area contributed by atoms with Gasteiger partial charge in [-0.2, -0.15) is 0 Å². The van der Waals surface area contributed by atoms with Gasteiger partial charge < -0.3 is 4.74 Å². The van der Waals surface area contributed by atoms with Gasteiger partial charge in [-0.25, -0.2) is 4.79 Å². The highest BCUT2D eigenvalue weighted by Gasteiger charge is 2.29. The quantitative estimate of drug-likeness (QED) is 0.668. The van der Waals surface area contributed by atoms with Gasteiger partial charge in [0.1, 0.15) is 0 Å². The lowest BCUT2D eigenvalue weighted by atomic mass is 9.98. The Hall–Kier alpha value is -1.31. The van der Waals surface area contributed by atoms with Crippen molar-refractivity contribution in [2.24, 2.45) is 0 Å². The first-order valence-corrected chi connectivity index (χ1v) is 4.77. The van der Waals surface area contributed by atoms with E-state index in [9.17, 15) is 4.79 Å². The molecule has 0 amide bonds. The lowest BCUT2D eigenvalue weighted by molar-refractivity contribution is 0.0599. The molecule has 0 saturated heterocycles. The molecule has 2 heteroatoms. The largest absolute Gasteiger partial charge is 0.465 e. The lowest BCUT2D eigenvalue weighted by Crippen LogP contribution is -2.06. The number of benzene rings is 1. The van der Waals surface area contributed by atoms with E-state index in [4.69, 9.17) is 4.74 Å². The SMILES string of the molecule is [CH2]c1cccc(C(=O)OC)c1C1CC1. The van der Waals surface area contributed by atoms with Crippen molar-refractivity contribution in [3.8, 4) is 0 Å². The van der Waals surface area contributed by atoms with Crippen LogP contribution in [0.25, 0.3) is 0 Å². The highest BCUT2D eigenvalue weighted by Crippen LogP contribution is 2.43. The zero-order chi connectivity index (χ0) is 10.1. The number of rotatable bonds is 2. The molecule has 1 saturated carbocycles. The summed E-state index contributed by atoms with van der Waals surface area (Å²) < 4.78 is 4.74. The molecule has 1 aliphatic carbocycles. The molecule has 1 aliphatic rings. The smallest absolute Gasteiger partial charge is 0.338 e. The van der Waals surface area contributed by atoms with Crippen LogP contribution in [-0.2, 0) is 4.74 Å². The predicted molar refractivity (Wildman–Crippen MR) is 54.2 cm³/mol. The van der Waals surface area contributed by atoms with E-state index in [2.05, 4.69) is 6.92 Å². The van der Waals surface area contributed by atoms with Crippen LogP contribution in [0, 0.1) is 6.92 Å². The van der Waals surface area contributed by atoms with Crippen molar-refractivity contribution in [3.05, 3.63) is 41.8 Å². The Balaban J connectivity index is 2.47. The fourth-order valence-corrected chi connectivity index (χ4v) is 1.76. The topological polar surface area (TPSA) is 26.3 Å². The maximum Gasteiger partial charge on any atom is 0.338 e. The second kappa shape index (κ2) is 3.45. The van der Waals surface area contributed by atoms with Gasteiger partial charge in [-0.05, 0) is 42.9 Å². The normalized spacial score (nSPS) is 15.3. The van der Waals surface area contributed by atoms with Gasteiger partial charge in [0.05, 0.1) is 12.7 Å². The van der Waals surface area contributed by atoms with Crippen molar-refractivity contribution in [1.82, 2.24) is 0 Å². The Morgan fingerprint density at radius 3 is 2.79 bits per heavy atom. The van der Waals surface area contributed by atoms with Gasteiger partial charge in [-0.15, -0.1) is 0 Å². The summed E-state index contributed by atoms with van der Waals surface area (Å²) in [5, 5.41) is 0. The highest BCUT2D eigenvalue weighted by atomic mass is 16.5. The van der Waals surface area contributed by atoms with E-state index < -0.39 is 0 Å². The maximum absolute atomic E-state index is 11.5. The summed E-state index contributed by atoms with van der Waals surface area (Å²) in [5.41, 5.74) is 2.72. The first-order chi connectivity index (χ1) is 6.74. The van der Waals surface area contributed by atoms with Gasteiger partial charge >= 0.3 is 5.97 Å². The molecule has 0 bridgehead atoms. The number of methoxy groups -OCH3 is 1. The molecule has 1 fully saturated rings. The van der Waals surface area contributed by atoms with Crippen LogP contribution in [-0.4, -0.2) is 13.1 Å². The molecular weight excluding hydrogens is 176 g/mol. The van der Waals surface area contributed by atoms with E-state index in [1.807, 2.05) is 18.2 Å². The van der Waals surface area contributed by atoms with Crippen molar-refractivity contribution < 1.29 is 9.53 Å². The first kappa shape index (κ1) is 9.25. The van der Waals surface area contributed by atoms with Crippen LogP contribution in [0.1, 0.15) is 40.2 Å². The fraction of sp³-hybridized carbons (Fsp3) is 0.333. The second-order valence-corrected chi connectivity index (χ2v) is 3.64. The predicted octanol–water partition coefficient (Wildman–Crippen LogP) is 2.53. The third-order valence-electron chi connectivity index (χ3n) is 2.59. The monoisotopic (exact) mass is 189 g/mol. The Bertz CT molecular complexity index is 365. The van der Waals surface area contributed by atoms with E-state index in [0.717, 1.165) is 24.0 Å². The molecule has 1 aromatic carbocycles.